The van der Waals surface area contributed by atoms with Gasteiger partial charge >= 0.3 is 127 Å². The molecule has 0 amide bonds. The number of hydrogen-bond donors (Lipinski definition) is 3. The number of rotatable bonds is 4. The van der Waals surface area contributed by atoms with E-state index in [-0.39, 0.29) is 10.6 Å². The molecule has 0 aliphatic carbocycles. The Hall–Kier alpha value is -0.550. The molecule has 0 atom stereocenters. The van der Waals surface area contributed by atoms with Crippen molar-refractivity contribution in [3.05, 3.63) is 48.5 Å². The van der Waals surface area contributed by atoms with Crippen LogP contribution in [0.3, 0.4) is 0 Å². The van der Waals surface area contributed by atoms with Crippen molar-refractivity contribution in [3.8, 4) is 0 Å². The van der Waals surface area contributed by atoms with E-state index in [2.05, 4.69) is 0 Å². The van der Waals surface area contributed by atoms with E-state index in [9.17, 15) is 14.7 Å². The van der Waals surface area contributed by atoms with Crippen LogP contribution in [0.25, 0.3) is 0 Å². The van der Waals surface area contributed by atoms with E-state index >= 15 is 0 Å². The van der Waals surface area contributed by atoms with Crippen LogP contribution in [-0.4, -0.2) is 27.2 Å². The molecular weight excluding hydrogens is 311 g/mol. The zero-order valence-electron chi connectivity index (χ0n) is 11.2. The second-order valence-corrected chi connectivity index (χ2v) is 9.13. The molecular formula is C14H17O3PS2. The summed E-state index contributed by atoms with van der Waals surface area (Å²) in [4.78, 5) is 33.4. The second kappa shape index (κ2) is 5.68. The van der Waals surface area contributed by atoms with Crippen molar-refractivity contribution >= 4 is 41.4 Å². The monoisotopic (exact) mass is 328 g/mol. The topological polar surface area (TPSA) is 60.7 Å². The zero-order valence-corrected chi connectivity index (χ0v) is 13.8. The maximum atomic E-state index is 10.5. The molecule has 0 bridgehead atoms. The Kier molecular flexibility index (Phi) is 4.50. The summed E-state index contributed by atoms with van der Waals surface area (Å²) in [5, 5.41) is 0.288. The Morgan fingerprint density at radius 2 is 0.950 bits per heavy atom. The molecule has 0 saturated carbocycles. The van der Waals surface area contributed by atoms with Gasteiger partial charge in [0, 0.05) is 0 Å². The van der Waals surface area contributed by atoms with Crippen LogP contribution >= 0.6 is 30.8 Å². The third kappa shape index (κ3) is 3.03. The molecule has 0 spiro atoms. The predicted molar refractivity (Wildman–Crippen MR) is 89.3 cm³/mol. The van der Waals surface area contributed by atoms with Crippen molar-refractivity contribution < 1.29 is 14.7 Å². The van der Waals surface area contributed by atoms with Crippen molar-refractivity contribution in [1.29, 1.82) is 0 Å². The molecule has 2 rings (SSSR count). The summed E-state index contributed by atoms with van der Waals surface area (Å²) in [5.74, 6) is 0. The van der Waals surface area contributed by atoms with Gasteiger partial charge in [-0.05, 0) is 0 Å². The first-order valence-corrected chi connectivity index (χ1v) is 10.5. The van der Waals surface area contributed by atoms with Gasteiger partial charge in [-0.25, -0.2) is 0 Å². The first-order valence-electron chi connectivity index (χ1n) is 5.91. The van der Waals surface area contributed by atoms with Gasteiger partial charge in [0.25, 0.3) is 0 Å². The SMILES string of the molecule is CSc1ccc(P(O)(O)(O)c2ccc(SC)cc2)cc1. The summed E-state index contributed by atoms with van der Waals surface area (Å²) in [6.07, 6.45) is 3.87. The van der Waals surface area contributed by atoms with E-state index in [1.807, 2.05) is 12.5 Å². The fourth-order valence-corrected chi connectivity index (χ4v) is 4.37. The molecule has 0 heterocycles. The van der Waals surface area contributed by atoms with Crippen LogP contribution in [0.1, 0.15) is 0 Å². The van der Waals surface area contributed by atoms with Crippen LogP contribution < -0.4 is 10.6 Å². The molecule has 0 saturated heterocycles. The van der Waals surface area contributed by atoms with Gasteiger partial charge in [0.1, 0.15) is 0 Å². The second-order valence-electron chi connectivity index (χ2n) is 4.38. The van der Waals surface area contributed by atoms with Crippen LogP contribution in [0.2, 0.25) is 0 Å². The fourth-order valence-electron chi connectivity index (χ4n) is 1.86. The van der Waals surface area contributed by atoms with Gasteiger partial charge in [0.05, 0.1) is 0 Å². The van der Waals surface area contributed by atoms with Crippen molar-refractivity contribution in [3.63, 3.8) is 0 Å². The van der Waals surface area contributed by atoms with Gasteiger partial charge in [-0.15, -0.1) is 0 Å². The fraction of sp³-hybridized carbons (Fsp3) is 0.143. The molecule has 3 nitrogen and oxygen atoms in total. The third-order valence-corrected chi connectivity index (χ3v) is 7.08. The van der Waals surface area contributed by atoms with Crippen molar-refractivity contribution in [1.82, 2.24) is 0 Å². The van der Waals surface area contributed by atoms with E-state index in [0.29, 0.717) is 0 Å². The van der Waals surface area contributed by atoms with E-state index in [4.69, 9.17) is 0 Å². The van der Waals surface area contributed by atoms with Gasteiger partial charge in [-0.3, -0.25) is 0 Å². The molecule has 0 radical (unpaired) electrons. The Labute approximate surface area is 127 Å². The molecule has 2 aromatic carbocycles. The number of hydrogen-bond acceptors (Lipinski definition) is 5. The van der Waals surface area contributed by atoms with Crippen LogP contribution in [0, 0.1) is 0 Å². The summed E-state index contributed by atoms with van der Waals surface area (Å²) in [6, 6.07) is 13.3. The normalized spacial score (nSPS) is 13.8. The molecule has 0 aliphatic heterocycles. The van der Waals surface area contributed by atoms with Crippen LogP contribution in [-0.2, 0) is 0 Å². The first kappa shape index (κ1) is 15.8. The summed E-state index contributed by atoms with van der Waals surface area (Å²) in [6.45, 7) is 0. The van der Waals surface area contributed by atoms with Crippen molar-refractivity contribution in [2.75, 3.05) is 12.5 Å². The molecule has 3 N–H and O–H groups in total. The predicted octanol–water partition coefficient (Wildman–Crippen LogP) is 2.36. The minimum absolute atomic E-state index is 0.144. The molecule has 108 valence electrons. The maximum absolute atomic E-state index is 10.5. The van der Waals surface area contributed by atoms with E-state index < -0.39 is 7.28 Å². The average Bonchev–Trinajstić information content (AvgIpc) is 2.47. The molecule has 0 aliphatic rings. The van der Waals surface area contributed by atoms with Crippen LogP contribution in [0.15, 0.2) is 58.3 Å². The van der Waals surface area contributed by atoms with Gasteiger partial charge in [-0.2, -0.15) is 0 Å². The van der Waals surface area contributed by atoms with Crippen molar-refractivity contribution in [2.45, 2.75) is 9.79 Å². The number of benzene rings is 2. The third-order valence-electron chi connectivity index (χ3n) is 3.10. The van der Waals surface area contributed by atoms with E-state index in [0.717, 1.165) is 9.79 Å². The summed E-state index contributed by atoms with van der Waals surface area (Å²) < 4.78 is 0. The quantitative estimate of drug-likeness (QED) is 0.594. The molecule has 2 aromatic rings. The summed E-state index contributed by atoms with van der Waals surface area (Å²) in [7, 11) is -5.03. The Balaban J connectivity index is 2.46. The molecule has 0 unspecified atom stereocenters. The Morgan fingerprint density at radius 3 is 1.20 bits per heavy atom. The van der Waals surface area contributed by atoms with Gasteiger partial charge in [0.15, 0.2) is 0 Å². The Bertz CT molecular complexity index is 537. The first-order chi connectivity index (χ1) is 9.35. The molecule has 20 heavy (non-hydrogen) atoms. The van der Waals surface area contributed by atoms with Gasteiger partial charge in [0.2, 0.25) is 0 Å². The standard InChI is InChI=1S/C14H17O3PS2/c1-19-13-7-3-11(4-8-13)18(15,16,17)12-5-9-14(20-2)10-6-12/h3-10,15-17H,1-2H3. The minimum atomic E-state index is -5.03. The zero-order chi connectivity index (χ0) is 14.8. The van der Waals surface area contributed by atoms with Gasteiger partial charge < -0.3 is 0 Å². The Morgan fingerprint density at radius 1 is 0.650 bits per heavy atom. The van der Waals surface area contributed by atoms with E-state index in [1.54, 1.807) is 72.1 Å². The van der Waals surface area contributed by atoms with Crippen LogP contribution in [0.5, 0.6) is 0 Å². The van der Waals surface area contributed by atoms with Crippen molar-refractivity contribution in [2.24, 2.45) is 0 Å². The summed E-state index contributed by atoms with van der Waals surface area (Å²) in [5.41, 5.74) is 0. The van der Waals surface area contributed by atoms with Crippen LogP contribution in [0.4, 0.5) is 0 Å². The number of thioether (sulfide) groups is 2. The van der Waals surface area contributed by atoms with E-state index in [1.165, 1.54) is 0 Å². The van der Waals surface area contributed by atoms with Gasteiger partial charge in [-0.1, -0.05) is 0 Å². The average molecular weight is 328 g/mol. The molecule has 6 heteroatoms. The summed E-state index contributed by atoms with van der Waals surface area (Å²) >= 11 is 3.11. The molecule has 0 fully saturated rings. The molecule has 0 aromatic heterocycles.